The van der Waals surface area contributed by atoms with Gasteiger partial charge in [-0.3, -0.25) is 9.89 Å². The van der Waals surface area contributed by atoms with Gasteiger partial charge in [0.15, 0.2) is 0 Å². The number of nitrogens with one attached hydrogen (secondary N) is 2. The molecule has 1 aromatic heterocycles. The molecule has 2 N–H and O–H groups in total. The van der Waals surface area contributed by atoms with Crippen molar-refractivity contribution in [3.8, 4) is 11.3 Å². The molecule has 0 aliphatic heterocycles. The number of anilines is 1. The molecule has 0 aliphatic carbocycles. The van der Waals surface area contributed by atoms with Crippen LogP contribution >= 0.6 is 0 Å². The van der Waals surface area contributed by atoms with Crippen LogP contribution in [0.15, 0.2) is 60.8 Å². The van der Waals surface area contributed by atoms with Gasteiger partial charge in [-0.25, -0.2) is 0 Å². The Kier molecular flexibility index (Phi) is 4.75. The maximum atomic E-state index is 12.2. The SMILES string of the molecule is CC(C)c1ccc(CC(=O)Nc2ccc(-c3ccn[nH]3)cc2)cc1. The van der Waals surface area contributed by atoms with Gasteiger partial charge in [-0.05, 0) is 40.8 Å². The van der Waals surface area contributed by atoms with Gasteiger partial charge in [0, 0.05) is 11.9 Å². The van der Waals surface area contributed by atoms with Crippen LogP contribution in [0.25, 0.3) is 11.3 Å². The molecule has 0 aliphatic rings. The first-order valence-corrected chi connectivity index (χ1v) is 8.10. The summed E-state index contributed by atoms with van der Waals surface area (Å²) in [5.41, 5.74) is 5.09. The molecule has 4 nitrogen and oxygen atoms in total. The first-order valence-electron chi connectivity index (χ1n) is 8.10. The van der Waals surface area contributed by atoms with Gasteiger partial charge in [0.25, 0.3) is 0 Å². The highest BCUT2D eigenvalue weighted by atomic mass is 16.1. The zero-order chi connectivity index (χ0) is 16.9. The molecule has 0 spiro atoms. The number of H-pyrrole nitrogens is 1. The maximum Gasteiger partial charge on any atom is 0.228 e. The quantitative estimate of drug-likeness (QED) is 0.733. The van der Waals surface area contributed by atoms with Crippen molar-refractivity contribution in [2.24, 2.45) is 0 Å². The fraction of sp³-hybridized carbons (Fsp3) is 0.200. The summed E-state index contributed by atoms with van der Waals surface area (Å²) in [7, 11) is 0. The standard InChI is InChI=1S/C20H21N3O/c1-14(2)16-5-3-15(4-6-16)13-20(24)22-18-9-7-17(8-10-18)19-11-12-21-23-19/h3-12,14H,13H2,1-2H3,(H,21,23)(H,22,24). The molecule has 0 saturated carbocycles. The largest absolute Gasteiger partial charge is 0.326 e. The molecule has 0 fully saturated rings. The van der Waals surface area contributed by atoms with Gasteiger partial charge in [-0.1, -0.05) is 50.2 Å². The van der Waals surface area contributed by atoms with Gasteiger partial charge in [0.1, 0.15) is 0 Å². The average molecular weight is 319 g/mol. The molecule has 0 atom stereocenters. The van der Waals surface area contributed by atoms with E-state index in [0.717, 1.165) is 22.5 Å². The van der Waals surface area contributed by atoms with Crippen molar-refractivity contribution in [2.45, 2.75) is 26.2 Å². The van der Waals surface area contributed by atoms with Crippen LogP contribution in [-0.2, 0) is 11.2 Å². The van der Waals surface area contributed by atoms with Crippen LogP contribution in [0.3, 0.4) is 0 Å². The van der Waals surface area contributed by atoms with Crippen LogP contribution in [0.5, 0.6) is 0 Å². The Balaban J connectivity index is 1.60. The monoisotopic (exact) mass is 319 g/mol. The number of aromatic amines is 1. The van der Waals surface area contributed by atoms with Crippen molar-refractivity contribution in [1.29, 1.82) is 0 Å². The van der Waals surface area contributed by atoms with E-state index in [1.54, 1.807) is 6.20 Å². The number of carbonyl (C=O) groups excluding carboxylic acids is 1. The summed E-state index contributed by atoms with van der Waals surface area (Å²) in [4.78, 5) is 12.2. The third kappa shape index (κ3) is 3.90. The lowest BCUT2D eigenvalue weighted by Crippen LogP contribution is -2.14. The van der Waals surface area contributed by atoms with Crippen molar-refractivity contribution in [1.82, 2.24) is 10.2 Å². The van der Waals surface area contributed by atoms with Gasteiger partial charge in [-0.2, -0.15) is 5.10 Å². The van der Waals surface area contributed by atoms with Crippen molar-refractivity contribution in [3.63, 3.8) is 0 Å². The third-order valence-electron chi connectivity index (χ3n) is 3.99. The Morgan fingerprint density at radius 2 is 1.75 bits per heavy atom. The second-order valence-electron chi connectivity index (χ2n) is 6.17. The Hall–Kier alpha value is -2.88. The number of carbonyl (C=O) groups is 1. The summed E-state index contributed by atoms with van der Waals surface area (Å²) in [6, 6.07) is 17.9. The number of aromatic nitrogens is 2. The lowest BCUT2D eigenvalue weighted by Gasteiger charge is -2.08. The van der Waals surface area contributed by atoms with Crippen LogP contribution in [0.2, 0.25) is 0 Å². The molecule has 0 radical (unpaired) electrons. The lowest BCUT2D eigenvalue weighted by molar-refractivity contribution is -0.115. The summed E-state index contributed by atoms with van der Waals surface area (Å²) >= 11 is 0. The summed E-state index contributed by atoms with van der Waals surface area (Å²) in [6.45, 7) is 4.32. The van der Waals surface area contributed by atoms with E-state index >= 15 is 0 Å². The average Bonchev–Trinajstić information content (AvgIpc) is 3.10. The molecule has 1 heterocycles. The first kappa shape index (κ1) is 16.0. The van der Waals surface area contributed by atoms with Crippen molar-refractivity contribution < 1.29 is 4.79 Å². The van der Waals surface area contributed by atoms with Gasteiger partial charge < -0.3 is 5.32 Å². The van der Waals surface area contributed by atoms with Crippen molar-refractivity contribution in [3.05, 3.63) is 71.9 Å². The number of amides is 1. The molecule has 0 unspecified atom stereocenters. The number of hydrogen-bond donors (Lipinski definition) is 2. The van der Waals surface area contributed by atoms with Crippen molar-refractivity contribution >= 4 is 11.6 Å². The predicted octanol–water partition coefficient (Wildman–Crippen LogP) is 4.38. The van der Waals surface area contributed by atoms with Crippen LogP contribution in [0.1, 0.15) is 30.9 Å². The minimum atomic E-state index is -0.0124. The molecule has 3 rings (SSSR count). The fourth-order valence-electron chi connectivity index (χ4n) is 2.56. The molecule has 122 valence electrons. The van der Waals surface area contributed by atoms with E-state index in [-0.39, 0.29) is 5.91 Å². The zero-order valence-electron chi connectivity index (χ0n) is 13.9. The summed E-state index contributed by atoms with van der Waals surface area (Å²) in [5.74, 6) is 0.489. The molecule has 2 aromatic carbocycles. The summed E-state index contributed by atoms with van der Waals surface area (Å²) in [5, 5.41) is 9.80. The van der Waals surface area contributed by atoms with Crippen LogP contribution in [0.4, 0.5) is 5.69 Å². The minimum Gasteiger partial charge on any atom is -0.326 e. The number of benzene rings is 2. The second kappa shape index (κ2) is 7.13. The summed E-state index contributed by atoms with van der Waals surface area (Å²) in [6.07, 6.45) is 2.09. The highest BCUT2D eigenvalue weighted by molar-refractivity contribution is 5.92. The molecule has 0 saturated heterocycles. The zero-order valence-corrected chi connectivity index (χ0v) is 13.9. The number of nitrogens with zero attached hydrogens (tertiary/aromatic N) is 1. The molecule has 0 bridgehead atoms. The van der Waals surface area contributed by atoms with E-state index in [0.29, 0.717) is 12.3 Å². The summed E-state index contributed by atoms with van der Waals surface area (Å²) < 4.78 is 0. The Morgan fingerprint density at radius 3 is 2.33 bits per heavy atom. The third-order valence-corrected chi connectivity index (χ3v) is 3.99. The number of hydrogen-bond acceptors (Lipinski definition) is 2. The Bertz CT molecular complexity index is 788. The van der Waals surface area contributed by atoms with E-state index in [4.69, 9.17) is 0 Å². The van der Waals surface area contributed by atoms with Crippen LogP contribution in [-0.4, -0.2) is 16.1 Å². The van der Waals surface area contributed by atoms with Gasteiger partial charge in [0.05, 0.1) is 12.1 Å². The Morgan fingerprint density at radius 1 is 1.04 bits per heavy atom. The van der Waals surface area contributed by atoms with E-state index in [9.17, 15) is 4.79 Å². The highest BCUT2D eigenvalue weighted by Crippen LogP contribution is 2.19. The highest BCUT2D eigenvalue weighted by Gasteiger charge is 2.06. The molecule has 1 amide bonds. The minimum absolute atomic E-state index is 0.0124. The predicted molar refractivity (Wildman–Crippen MR) is 96.9 cm³/mol. The molecule has 4 heteroatoms. The smallest absolute Gasteiger partial charge is 0.228 e. The lowest BCUT2D eigenvalue weighted by atomic mass is 10.0. The van der Waals surface area contributed by atoms with E-state index in [2.05, 4.69) is 41.5 Å². The second-order valence-corrected chi connectivity index (χ2v) is 6.17. The van der Waals surface area contributed by atoms with Gasteiger partial charge in [-0.15, -0.1) is 0 Å². The molecule has 3 aromatic rings. The van der Waals surface area contributed by atoms with E-state index < -0.39 is 0 Å². The molecular weight excluding hydrogens is 298 g/mol. The first-order chi connectivity index (χ1) is 11.6. The molecule has 24 heavy (non-hydrogen) atoms. The van der Waals surface area contributed by atoms with E-state index in [1.165, 1.54) is 5.56 Å². The number of rotatable bonds is 5. The maximum absolute atomic E-state index is 12.2. The van der Waals surface area contributed by atoms with Gasteiger partial charge in [0.2, 0.25) is 5.91 Å². The van der Waals surface area contributed by atoms with Gasteiger partial charge >= 0.3 is 0 Å². The topological polar surface area (TPSA) is 57.8 Å². The van der Waals surface area contributed by atoms with Crippen molar-refractivity contribution in [2.75, 3.05) is 5.32 Å². The van der Waals surface area contributed by atoms with Crippen LogP contribution in [0, 0.1) is 0 Å². The Labute approximate surface area is 141 Å². The molecular formula is C20H21N3O. The fourth-order valence-corrected chi connectivity index (χ4v) is 2.56. The normalized spacial score (nSPS) is 10.8. The van der Waals surface area contributed by atoms with E-state index in [1.807, 2.05) is 42.5 Å². The van der Waals surface area contributed by atoms with Crippen LogP contribution < -0.4 is 5.32 Å².